The second-order valence-electron chi connectivity index (χ2n) is 6.00. The van der Waals surface area contributed by atoms with Crippen LogP contribution in [0.25, 0.3) is 0 Å². The van der Waals surface area contributed by atoms with Crippen LogP contribution in [-0.4, -0.2) is 25.0 Å². The molecule has 0 aliphatic carbocycles. The van der Waals surface area contributed by atoms with Crippen molar-refractivity contribution in [3.8, 4) is 11.5 Å². The molecule has 2 rings (SSSR count). The second-order valence-corrected chi connectivity index (χ2v) is 6.41. The average molecular weight is 386 g/mol. The standard InChI is InChI=1S/C21H27N3O2S/c1-3-4-8-13-26-19-12-11-18(14-20(19)25-2)16-23-24-21(27)22-15-17-9-6-5-7-10-17/h5-7,9-12,14,16H,3-4,8,13,15H2,1-2H3,(H2,22,24,27)/b23-16-. The van der Waals surface area contributed by atoms with Crippen molar-refractivity contribution in [2.24, 2.45) is 5.10 Å². The molecule has 0 fully saturated rings. The van der Waals surface area contributed by atoms with E-state index in [9.17, 15) is 0 Å². The monoisotopic (exact) mass is 385 g/mol. The Morgan fingerprint density at radius 1 is 1.11 bits per heavy atom. The maximum absolute atomic E-state index is 5.79. The van der Waals surface area contributed by atoms with Gasteiger partial charge < -0.3 is 14.8 Å². The van der Waals surface area contributed by atoms with Crippen molar-refractivity contribution < 1.29 is 9.47 Å². The molecule has 0 aliphatic heterocycles. The Morgan fingerprint density at radius 2 is 1.93 bits per heavy atom. The van der Waals surface area contributed by atoms with E-state index < -0.39 is 0 Å². The fourth-order valence-corrected chi connectivity index (χ4v) is 2.53. The van der Waals surface area contributed by atoms with Gasteiger partial charge in [-0.2, -0.15) is 5.10 Å². The lowest BCUT2D eigenvalue weighted by Gasteiger charge is -2.11. The molecule has 2 N–H and O–H groups in total. The Balaban J connectivity index is 1.82. The van der Waals surface area contributed by atoms with Crippen LogP contribution in [0.4, 0.5) is 0 Å². The molecule has 27 heavy (non-hydrogen) atoms. The number of hydrazone groups is 1. The van der Waals surface area contributed by atoms with Gasteiger partial charge >= 0.3 is 0 Å². The lowest BCUT2D eigenvalue weighted by molar-refractivity contribution is 0.286. The fraction of sp³-hybridized carbons (Fsp3) is 0.333. The van der Waals surface area contributed by atoms with Crippen LogP contribution in [0.2, 0.25) is 0 Å². The molecule has 0 unspecified atom stereocenters. The van der Waals surface area contributed by atoms with Crippen LogP contribution in [0.1, 0.15) is 37.3 Å². The molecular formula is C21H27N3O2S. The van der Waals surface area contributed by atoms with Crippen LogP contribution in [-0.2, 0) is 6.54 Å². The van der Waals surface area contributed by atoms with Crippen LogP contribution >= 0.6 is 12.2 Å². The predicted molar refractivity (Wildman–Crippen MR) is 115 cm³/mol. The molecule has 0 aliphatic rings. The summed E-state index contributed by atoms with van der Waals surface area (Å²) >= 11 is 5.23. The molecule has 0 heterocycles. The first-order valence-electron chi connectivity index (χ1n) is 9.14. The van der Waals surface area contributed by atoms with Gasteiger partial charge in [0.2, 0.25) is 0 Å². The van der Waals surface area contributed by atoms with Crippen LogP contribution in [0, 0.1) is 0 Å². The maximum Gasteiger partial charge on any atom is 0.187 e. The smallest absolute Gasteiger partial charge is 0.187 e. The topological polar surface area (TPSA) is 54.9 Å². The molecule has 0 amide bonds. The number of unbranched alkanes of at least 4 members (excludes halogenated alkanes) is 2. The van der Waals surface area contributed by atoms with E-state index in [1.165, 1.54) is 6.42 Å². The van der Waals surface area contributed by atoms with Gasteiger partial charge in [0.05, 0.1) is 19.9 Å². The van der Waals surface area contributed by atoms with Gasteiger partial charge in [-0.1, -0.05) is 50.1 Å². The molecule has 144 valence electrons. The summed E-state index contributed by atoms with van der Waals surface area (Å²) in [7, 11) is 1.63. The summed E-state index contributed by atoms with van der Waals surface area (Å²) in [6.07, 6.45) is 5.07. The first kappa shape index (κ1) is 20.7. The van der Waals surface area contributed by atoms with E-state index in [-0.39, 0.29) is 0 Å². The molecule has 0 aromatic heterocycles. The van der Waals surface area contributed by atoms with Gasteiger partial charge in [0.15, 0.2) is 16.6 Å². The third-order valence-electron chi connectivity index (χ3n) is 3.87. The zero-order valence-electron chi connectivity index (χ0n) is 15.9. The summed E-state index contributed by atoms with van der Waals surface area (Å²) in [4.78, 5) is 0. The molecule has 0 spiro atoms. The van der Waals surface area contributed by atoms with Crippen molar-refractivity contribution in [3.63, 3.8) is 0 Å². The van der Waals surface area contributed by atoms with Gasteiger partial charge in [-0.3, -0.25) is 5.43 Å². The molecule has 0 atom stereocenters. The number of rotatable bonds is 10. The number of nitrogens with zero attached hydrogens (tertiary/aromatic N) is 1. The highest BCUT2D eigenvalue weighted by atomic mass is 32.1. The largest absolute Gasteiger partial charge is 0.493 e. The number of benzene rings is 2. The Labute approximate surface area is 166 Å². The van der Waals surface area contributed by atoms with Crippen molar-refractivity contribution in [2.45, 2.75) is 32.7 Å². The highest BCUT2D eigenvalue weighted by Crippen LogP contribution is 2.27. The van der Waals surface area contributed by atoms with Gasteiger partial charge in [0, 0.05) is 6.54 Å². The number of methoxy groups -OCH3 is 1. The summed E-state index contributed by atoms with van der Waals surface area (Å²) in [5, 5.41) is 7.75. The fourth-order valence-electron chi connectivity index (χ4n) is 2.40. The number of ether oxygens (including phenoxy) is 2. The lowest BCUT2D eigenvalue weighted by Crippen LogP contribution is -2.31. The minimum absolute atomic E-state index is 0.470. The minimum atomic E-state index is 0.470. The van der Waals surface area contributed by atoms with E-state index in [1.807, 2.05) is 48.5 Å². The summed E-state index contributed by atoms with van der Waals surface area (Å²) in [6, 6.07) is 15.8. The Kier molecular flexibility index (Phi) is 9.13. The van der Waals surface area contributed by atoms with Crippen LogP contribution in [0.3, 0.4) is 0 Å². The Hall–Kier alpha value is -2.60. The molecule has 2 aromatic carbocycles. The third kappa shape index (κ3) is 7.66. The summed E-state index contributed by atoms with van der Waals surface area (Å²) in [5.74, 6) is 1.44. The molecule has 6 heteroatoms. The van der Waals surface area contributed by atoms with E-state index in [0.29, 0.717) is 24.0 Å². The summed E-state index contributed by atoms with van der Waals surface area (Å²) in [5.41, 5.74) is 4.87. The first-order valence-corrected chi connectivity index (χ1v) is 9.55. The maximum atomic E-state index is 5.79. The predicted octanol–water partition coefficient (Wildman–Crippen LogP) is 4.26. The minimum Gasteiger partial charge on any atom is -0.493 e. The van der Waals surface area contributed by atoms with Crippen molar-refractivity contribution in [1.82, 2.24) is 10.7 Å². The van der Waals surface area contributed by atoms with Gasteiger partial charge in [0.25, 0.3) is 0 Å². The molecular weight excluding hydrogens is 358 g/mol. The molecule has 0 saturated carbocycles. The van der Waals surface area contributed by atoms with Crippen molar-refractivity contribution in [1.29, 1.82) is 0 Å². The summed E-state index contributed by atoms with van der Waals surface area (Å²) in [6.45, 7) is 3.52. The van der Waals surface area contributed by atoms with Gasteiger partial charge in [-0.15, -0.1) is 0 Å². The normalized spacial score (nSPS) is 10.6. The average Bonchev–Trinajstić information content (AvgIpc) is 2.71. The zero-order valence-corrected chi connectivity index (χ0v) is 16.7. The van der Waals surface area contributed by atoms with Crippen molar-refractivity contribution in [2.75, 3.05) is 13.7 Å². The van der Waals surface area contributed by atoms with E-state index >= 15 is 0 Å². The van der Waals surface area contributed by atoms with E-state index in [0.717, 1.165) is 29.7 Å². The van der Waals surface area contributed by atoms with Crippen molar-refractivity contribution in [3.05, 3.63) is 59.7 Å². The molecule has 2 aromatic rings. The first-order chi connectivity index (χ1) is 13.2. The lowest BCUT2D eigenvalue weighted by atomic mass is 10.2. The van der Waals surface area contributed by atoms with Crippen LogP contribution < -0.4 is 20.2 Å². The van der Waals surface area contributed by atoms with Gasteiger partial charge in [0.1, 0.15) is 0 Å². The third-order valence-corrected chi connectivity index (χ3v) is 4.10. The van der Waals surface area contributed by atoms with Crippen LogP contribution in [0.5, 0.6) is 11.5 Å². The van der Waals surface area contributed by atoms with E-state index in [4.69, 9.17) is 21.7 Å². The SMILES string of the molecule is CCCCCOc1ccc(/C=N\NC(=S)NCc2ccccc2)cc1OC. The molecule has 5 nitrogen and oxygen atoms in total. The summed E-state index contributed by atoms with van der Waals surface area (Å²) < 4.78 is 11.2. The number of hydrogen-bond acceptors (Lipinski definition) is 4. The quantitative estimate of drug-likeness (QED) is 0.277. The number of hydrogen-bond donors (Lipinski definition) is 2. The Bertz CT molecular complexity index is 735. The van der Waals surface area contributed by atoms with E-state index in [1.54, 1.807) is 13.3 Å². The highest BCUT2D eigenvalue weighted by molar-refractivity contribution is 7.80. The van der Waals surface area contributed by atoms with Crippen molar-refractivity contribution >= 4 is 23.5 Å². The number of thiocarbonyl (C=S) groups is 1. The van der Waals surface area contributed by atoms with E-state index in [2.05, 4.69) is 22.8 Å². The molecule has 0 saturated heterocycles. The highest BCUT2D eigenvalue weighted by Gasteiger charge is 2.05. The zero-order chi connectivity index (χ0) is 19.3. The van der Waals surface area contributed by atoms with Gasteiger partial charge in [-0.05, 0) is 48.0 Å². The molecule has 0 bridgehead atoms. The number of nitrogens with one attached hydrogen (secondary N) is 2. The van der Waals surface area contributed by atoms with Crippen LogP contribution in [0.15, 0.2) is 53.6 Å². The second kappa shape index (κ2) is 11.9. The van der Waals surface area contributed by atoms with Gasteiger partial charge in [-0.25, -0.2) is 0 Å². The molecule has 0 radical (unpaired) electrons. The Morgan fingerprint density at radius 3 is 2.67 bits per heavy atom.